The summed E-state index contributed by atoms with van der Waals surface area (Å²) in [6.45, 7) is 4.74. The second kappa shape index (κ2) is 11.4. The first-order chi connectivity index (χ1) is 26.4. The van der Waals surface area contributed by atoms with Crippen LogP contribution in [0.15, 0.2) is 176 Å². The van der Waals surface area contributed by atoms with Crippen molar-refractivity contribution in [3.05, 3.63) is 220 Å². The van der Waals surface area contributed by atoms with Gasteiger partial charge in [0.25, 0.3) is 0 Å². The smallest absolute Gasteiger partial charge is 0.113 e. The van der Waals surface area contributed by atoms with Gasteiger partial charge in [-0.15, -0.1) is 0 Å². The Morgan fingerprint density at radius 3 is 1.78 bits per heavy atom. The summed E-state index contributed by atoms with van der Waals surface area (Å²) in [7, 11) is 6.58. The molecule has 0 aliphatic heterocycles. The molecule has 1 N–H and O–H groups in total. The minimum Gasteiger partial charge on any atom is -0.378 e. The molecular weight excluding hydrogens is 649 g/mol. The number of anilines is 1. The van der Waals surface area contributed by atoms with E-state index in [-0.39, 0.29) is 17.4 Å². The topological polar surface area (TPSA) is 12.0 Å². The van der Waals surface area contributed by atoms with Gasteiger partial charge < -0.3 is 5.32 Å². The number of hydrogen-bond donors (Lipinski definition) is 1. The lowest BCUT2D eigenvalue weighted by Crippen LogP contribution is -2.28. The molecule has 0 bridgehead atoms. The van der Waals surface area contributed by atoms with Crippen molar-refractivity contribution in [1.29, 1.82) is 0 Å². The third kappa shape index (κ3) is 4.28. The van der Waals surface area contributed by atoms with Gasteiger partial charge in [0.05, 0.1) is 11.5 Å². The van der Waals surface area contributed by atoms with Crippen molar-refractivity contribution in [2.45, 2.75) is 36.6 Å². The Labute approximate surface area is 319 Å². The van der Waals surface area contributed by atoms with Gasteiger partial charge in [0.15, 0.2) is 0 Å². The zero-order valence-electron chi connectivity index (χ0n) is 30.5. The van der Waals surface area contributed by atoms with Crippen molar-refractivity contribution in [2.24, 2.45) is 0 Å². The van der Waals surface area contributed by atoms with Crippen molar-refractivity contribution in [2.75, 3.05) is 5.32 Å². The highest BCUT2D eigenvalue weighted by atomic mass is 14.9. The lowest BCUT2D eigenvalue weighted by Gasteiger charge is -2.32. The molecule has 1 nitrogen and oxygen atoms in total. The zero-order chi connectivity index (χ0) is 36.2. The van der Waals surface area contributed by atoms with E-state index in [9.17, 15) is 0 Å². The highest BCUT2D eigenvalue weighted by Gasteiger charge is 2.51. The van der Waals surface area contributed by atoms with Crippen LogP contribution in [0.25, 0.3) is 39.0 Å². The third-order valence-corrected chi connectivity index (χ3v) is 12.8. The molecule has 254 valence electrons. The maximum absolute atomic E-state index is 6.58. The molecule has 2 radical (unpaired) electrons. The molecule has 0 saturated carbocycles. The number of benzene rings is 7. The molecule has 7 aromatic carbocycles. The fraction of sp³-hybridized carbons (Fsp3) is 0.115. The monoisotopic (exact) mass is 687 g/mol. The predicted molar refractivity (Wildman–Crippen MR) is 226 cm³/mol. The van der Waals surface area contributed by atoms with E-state index >= 15 is 0 Å². The van der Waals surface area contributed by atoms with Gasteiger partial charge in [-0.25, -0.2) is 0 Å². The molecule has 0 saturated heterocycles. The van der Waals surface area contributed by atoms with Gasteiger partial charge in [-0.3, -0.25) is 0 Å². The molecule has 0 fully saturated rings. The largest absolute Gasteiger partial charge is 0.378 e. The van der Waals surface area contributed by atoms with Gasteiger partial charge in [-0.2, -0.15) is 0 Å². The Bertz CT molecular complexity index is 2700. The fourth-order valence-corrected chi connectivity index (χ4v) is 10.3. The van der Waals surface area contributed by atoms with Crippen LogP contribution in [0.4, 0.5) is 5.69 Å². The van der Waals surface area contributed by atoms with E-state index in [1.807, 2.05) is 6.07 Å². The van der Waals surface area contributed by atoms with Crippen LogP contribution in [-0.4, -0.2) is 13.9 Å². The average Bonchev–Trinajstić information content (AvgIpc) is 3.76. The standard InChI is InChI=1S/C52H38BN/c1-51(2)44-17-9-6-14-37(44)40-24-20-34(29-47(40)51)43-28-33(32-12-4-3-5-13-32)21-27-50(43)54-36-23-26-42-41-25-22-35(53)30-48(41)52(49(42)31-36)45-18-10-7-15-38(45)39-16-8-11-19-46(39)52/h3-31,43,50,54H,1-2H3. The summed E-state index contributed by atoms with van der Waals surface area (Å²) in [4.78, 5) is 0. The van der Waals surface area contributed by atoms with E-state index in [1.54, 1.807) is 0 Å². The number of rotatable bonds is 4. The third-order valence-electron chi connectivity index (χ3n) is 12.8. The minimum absolute atomic E-state index is 0.0407. The number of hydrogen-bond acceptors (Lipinski definition) is 1. The van der Waals surface area contributed by atoms with E-state index in [2.05, 4.69) is 189 Å². The van der Waals surface area contributed by atoms with Crippen LogP contribution in [0.1, 0.15) is 64.3 Å². The highest BCUT2D eigenvalue weighted by Crippen LogP contribution is 2.63. The molecule has 7 aromatic rings. The molecule has 11 rings (SSSR count). The Morgan fingerprint density at radius 1 is 0.500 bits per heavy atom. The van der Waals surface area contributed by atoms with Crippen LogP contribution in [-0.2, 0) is 10.8 Å². The van der Waals surface area contributed by atoms with Crippen molar-refractivity contribution >= 4 is 24.6 Å². The summed E-state index contributed by atoms with van der Waals surface area (Å²) >= 11 is 0. The lowest BCUT2D eigenvalue weighted by atomic mass is 9.69. The SMILES string of the molecule is [B]c1ccc2c(c1)C1(c3ccccc3-c3ccccc31)c1cc(NC3C=CC(c4ccccc4)=CC3c3ccc4c(c3)C(C)(C)c3ccccc3-4)ccc1-2. The van der Waals surface area contributed by atoms with E-state index in [0.29, 0.717) is 0 Å². The molecule has 0 aromatic heterocycles. The summed E-state index contributed by atoms with van der Waals surface area (Å²) < 4.78 is 0. The van der Waals surface area contributed by atoms with Crippen LogP contribution in [0, 0.1) is 0 Å². The van der Waals surface area contributed by atoms with Crippen LogP contribution in [0.3, 0.4) is 0 Å². The van der Waals surface area contributed by atoms with Crippen LogP contribution < -0.4 is 10.8 Å². The normalized spacial score (nSPS) is 18.6. The Kier molecular flexibility index (Phi) is 6.66. The van der Waals surface area contributed by atoms with Crippen LogP contribution in [0.5, 0.6) is 0 Å². The van der Waals surface area contributed by atoms with Gasteiger partial charge in [0.2, 0.25) is 0 Å². The summed E-state index contributed by atoms with van der Waals surface area (Å²) in [5.41, 5.74) is 21.0. The summed E-state index contributed by atoms with van der Waals surface area (Å²) in [6.07, 6.45) is 7.15. The van der Waals surface area contributed by atoms with Gasteiger partial charge in [0.1, 0.15) is 7.85 Å². The second-order valence-corrected chi connectivity index (χ2v) is 15.9. The quantitative estimate of drug-likeness (QED) is 0.182. The molecule has 4 aliphatic rings. The van der Waals surface area contributed by atoms with Gasteiger partial charge in [-0.05, 0) is 95.6 Å². The van der Waals surface area contributed by atoms with Gasteiger partial charge >= 0.3 is 0 Å². The van der Waals surface area contributed by atoms with Crippen LogP contribution >= 0.6 is 0 Å². The van der Waals surface area contributed by atoms with Crippen LogP contribution in [0.2, 0.25) is 0 Å². The zero-order valence-corrected chi connectivity index (χ0v) is 30.5. The van der Waals surface area contributed by atoms with E-state index in [4.69, 9.17) is 7.85 Å². The summed E-state index contributed by atoms with van der Waals surface area (Å²) in [6, 6.07) is 58.3. The van der Waals surface area contributed by atoms with Crippen molar-refractivity contribution in [1.82, 2.24) is 0 Å². The molecule has 1 spiro atoms. The molecular formula is C52H38BN. The fourth-order valence-electron chi connectivity index (χ4n) is 10.3. The van der Waals surface area contributed by atoms with Crippen molar-refractivity contribution in [3.8, 4) is 33.4 Å². The molecule has 2 heteroatoms. The molecule has 4 aliphatic carbocycles. The summed E-state index contributed by atoms with van der Waals surface area (Å²) in [5, 5.41) is 4.07. The first-order valence-corrected chi connectivity index (χ1v) is 19.1. The van der Waals surface area contributed by atoms with E-state index in [1.165, 1.54) is 83.5 Å². The molecule has 2 unspecified atom stereocenters. The van der Waals surface area contributed by atoms with Crippen molar-refractivity contribution in [3.63, 3.8) is 0 Å². The minimum atomic E-state index is -0.451. The Hall–Kier alpha value is -6.12. The van der Waals surface area contributed by atoms with E-state index < -0.39 is 5.41 Å². The lowest BCUT2D eigenvalue weighted by molar-refractivity contribution is 0.656. The molecule has 54 heavy (non-hydrogen) atoms. The highest BCUT2D eigenvalue weighted by molar-refractivity contribution is 6.32. The first-order valence-electron chi connectivity index (χ1n) is 19.1. The molecule has 0 heterocycles. The number of nitrogens with one attached hydrogen (secondary N) is 1. The number of fused-ring (bicyclic) bond motifs is 13. The molecule has 2 atom stereocenters. The number of allylic oxidation sites excluding steroid dienone is 2. The maximum atomic E-state index is 6.58. The Balaban J connectivity index is 1.05. The predicted octanol–water partition coefficient (Wildman–Crippen LogP) is 11.3. The van der Waals surface area contributed by atoms with Crippen molar-refractivity contribution < 1.29 is 0 Å². The average molecular weight is 688 g/mol. The Morgan fingerprint density at radius 2 is 1.06 bits per heavy atom. The van der Waals surface area contributed by atoms with Gasteiger partial charge in [-0.1, -0.05) is 183 Å². The van der Waals surface area contributed by atoms with E-state index in [0.717, 1.165) is 11.2 Å². The first kappa shape index (κ1) is 31.4. The summed E-state index contributed by atoms with van der Waals surface area (Å²) in [5.74, 6) is 0.113. The maximum Gasteiger partial charge on any atom is 0.113 e. The molecule has 0 amide bonds. The second-order valence-electron chi connectivity index (χ2n) is 15.9. The van der Waals surface area contributed by atoms with Gasteiger partial charge in [0, 0.05) is 17.0 Å².